The van der Waals surface area contributed by atoms with Gasteiger partial charge in [-0.25, -0.2) is 12.8 Å². The molecule has 3 aromatic rings. The molecule has 146 valence electrons. The second-order valence-corrected chi connectivity index (χ2v) is 8.50. The van der Waals surface area contributed by atoms with Crippen LogP contribution in [0.4, 0.5) is 4.39 Å². The van der Waals surface area contributed by atoms with E-state index in [1.165, 1.54) is 27.3 Å². The predicted molar refractivity (Wildman–Crippen MR) is 99.1 cm³/mol. The van der Waals surface area contributed by atoms with E-state index in [1.807, 2.05) is 30.3 Å². The first-order valence-corrected chi connectivity index (χ1v) is 10.4. The number of nitrogens with one attached hydrogen (secondary N) is 1. The minimum atomic E-state index is -3.83. The number of nitrogens with zero attached hydrogens (tertiary/aromatic N) is 5. The highest BCUT2D eigenvalue weighted by molar-refractivity contribution is 7.89. The first kappa shape index (κ1) is 18.7. The van der Waals surface area contributed by atoms with Crippen molar-refractivity contribution in [3.8, 4) is 11.4 Å². The standard InChI is InChI=1S/C18H19FN6O2S/c19-16-8-4-5-9-17(16)28(26,27)24-12-10-23(11-13-24)14-25-21-18(20-22-25)15-6-2-1-3-7-15/h1-9H,10-14H2/p+1. The highest BCUT2D eigenvalue weighted by Crippen LogP contribution is 2.18. The van der Waals surface area contributed by atoms with Crippen molar-refractivity contribution >= 4 is 10.0 Å². The average molecular weight is 403 g/mol. The van der Waals surface area contributed by atoms with Gasteiger partial charge in [0.05, 0.1) is 26.2 Å². The largest absolute Gasteiger partial charge is 0.313 e. The second-order valence-electron chi connectivity index (χ2n) is 6.59. The summed E-state index contributed by atoms with van der Waals surface area (Å²) in [5, 5.41) is 12.6. The molecule has 2 aromatic carbocycles. The maximum Gasteiger partial charge on any atom is 0.246 e. The summed E-state index contributed by atoms with van der Waals surface area (Å²) in [6, 6.07) is 15.0. The lowest BCUT2D eigenvalue weighted by Crippen LogP contribution is -3.14. The van der Waals surface area contributed by atoms with Gasteiger partial charge in [-0.15, -0.1) is 15.0 Å². The van der Waals surface area contributed by atoms with Gasteiger partial charge in [0.25, 0.3) is 0 Å². The minimum absolute atomic E-state index is 0.274. The Morgan fingerprint density at radius 3 is 2.39 bits per heavy atom. The Morgan fingerprint density at radius 1 is 1.00 bits per heavy atom. The summed E-state index contributed by atoms with van der Waals surface area (Å²) >= 11 is 0. The fourth-order valence-electron chi connectivity index (χ4n) is 3.21. The number of piperazine rings is 1. The van der Waals surface area contributed by atoms with E-state index in [2.05, 4.69) is 15.4 Å². The van der Waals surface area contributed by atoms with Crippen LogP contribution in [0.5, 0.6) is 0 Å². The van der Waals surface area contributed by atoms with E-state index in [0.717, 1.165) is 16.5 Å². The van der Waals surface area contributed by atoms with Crippen LogP contribution in [0.1, 0.15) is 0 Å². The van der Waals surface area contributed by atoms with Crippen LogP contribution < -0.4 is 4.90 Å². The molecule has 10 heteroatoms. The zero-order valence-electron chi connectivity index (χ0n) is 15.1. The molecule has 1 N–H and O–H groups in total. The van der Waals surface area contributed by atoms with Crippen molar-refractivity contribution in [1.82, 2.24) is 24.5 Å². The van der Waals surface area contributed by atoms with Crippen LogP contribution in [0.2, 0.25) is 0 Å². The van der Waals surface area contributed by atoms with Gasteiger partial charge in [-0.05, 0) is 17.3 Å². The van der Waals surface area contributed by atoms with Crippen LogP contribution in [0.15, 0.2) is 59.5 Å². The molecule has 1 aliphatic rings. The third-order valence-electron chi connectivity index (χ3n) is 4.73. The predicted octanol–water partition coefficient (Wildman–Crippen LogP) is 0.0261. The molecule has 1 fully saturated rings. The van der Waals surface area contributed by atoms with Crippen molar-refractivity contribution in [3.05, 3.63) is 60.4 Å². The van der Waals surface area contributed by atoms with Crippen LogP contribution >= 0.6 is 0 Å². The number of tetrazole rings is 1. The summed E-state index contributed by atoms with van der Waals surface area (Å²) in [6.45, 7) is 2.28. The zero-order valence-corrected chi connectivity index (χ0v) is 15.9. The van der Waals surface area contributed by atoms with Crippen LogP contribution in [-0.2, 0) is 16.7 Å². The Morgan fingerprint density at radius 2 is 1.68 bits per heavy atom. The number of benzene rings is 2. The third-order valence-corrected chi connectivity index (χ3v) is 6.67. The molecule has 4 rings (SSSR count). The monoisotopic (exact) mass is 403 g/mol. The number of hydrogen-bond acceptors (Lipinski definition) is 5. The van der Waals surface area contributed by atoms with Gasteiger partial charge in [0.15, 0.2) is 6.67 Å². The highest BCUT2D eigenvalue weighted by Gasteiger charge is 2.32. The SMILES string of the molecule is O=S(=O)(c1ccccc1F)N1CC[NH+](Cn2nnc(-c3ccccc3)n2)CC1. The Kier molecular flexibility index (Phi) is 5.16. The van der Waals surface area contributed by atoms with E-state index in [1.54, 1.807) is 0 Å². The van der Waals surface area contributed by atoms with Crippen molar-refractivity contribution in [2.75, 3.05) is 26.2 Å². The molecule has 0 saturated carbocycles. The summed E-state index contributed by atoms with van der Waals surface area (Å²) in [5.41, 5.74) is 0.893. The summed E-state index contributed by atoms with van der Waals surface area (Å²) in [6.07, 6.45) is 0. The molecule has 2 heterocycles. The van der Waals surface area contributed by atoms with E-state index < -0.39 is 15.8 Å². The number of aromatic nitrogens is 4. The van der Waals surface area contributed by atoms with Gasteiger partial charge in [-0.3, -0.25) is 0 Å². The Hall–Kier alpha value is -2.69. The lowest BCUT2D eigenvalue weighted by Gasteiger charge is -2.31. The van der Waals surface area contributed by atoms with Crippen molar-refractivity contribution in [3.63, 3.8) is 0 Å². The summed E-state index contributed by atoms with van der Waals surface area (Å²) < 4.78 is 40.6. The van der Waals surface area contributed by atoms with Crippen LogP contribution in [-0.4, -0.2) is 59.1 Å². The van der Waals surface area contributed by atoms with E-state index in [0.29, 0.717) is 38.7 Å². The summed E-state index contributed by atoms with van der Waals surface area (Å²) in [4.78, 5) is 2.39. The third kappa shape index (κ3) is 3.79. The minimum Gasteiger partial charge on any atom is -0.313 e. The lowest BCUT2D eigenvalue weighted by molar-refractivity contribution is -0.927. The molecule has 1 saturated heterocycles. The van der Waals surface area contributed by atoms with Crippen molar-refractivity contribution in [2.24, 2.45) is 0 Å². The fourth-order valence-corrected chi connectivity index (χ4v) is 4.71. The molecule has 0 atom stereocenters. The second kappa shape index (κ2) is 7.74. The molecule has 0 unspecified atom stereocenters. The lowest BCUT2D eigenvalue weighted by atomic mass is 10.2. The van der Waals surface area contributed by atoms with E-state index >= 15 is 0 Å². The first-order valence-electron chi connectivity index (χ1n) is 8.95. The molecule has 1 aromatic heterocycles. The number of hydrogen-bond donors (Lipinski definition) is 1. The Bertz CT molecular complexity index is 1050. The fraction of sp³-hybridized carbons (Fsp3) is 0.278. The number of rotatable bonds is 5. The molecule has 28 heavy (non-hydrogen) atoms. The molecule has 0 radical (unpaired) electrons. The van der Waals surface area contributed by atoms with Gasteiger partial charge in [-0.1, -0.05) is 42.5 Å². The molecule has 0 bridgehead atoms. The van der Waals surface area contributed by atoms with Crippen LogP contribution in [0, 0.1) is 5.82 Å². The van der Waals surface area contributed by atoms with Crippen molar-refractivity contribution in [2.45, 2.75) is 11.6 Å². The molecule has 0 amide bonds. The first-order chi connectivity index (χ1) is 13.5. The molecule has 8 nitrogen and oxygen atoms in total. The van der Waals surface area contributed by atoms with Gasteiger partial charge in [0.2, 0.25) is 15.8 Å². The van der Waals surface area contributed by atoms with E-state index in [4.69, 9.17) is 0 Å². The van der Waals surface area contributed by atoms with Gasteiger partial charge < -0.3 is 4.90 Å². The Balaban J connectivity index is 1.39. The highest BCUT2D eigenvalue weighted by atomic mass is 32.2. The van der Waals surface area contributed by atoms with E-state index in [-0.39, 0.29) is 4.90 Å². The smallest absolute Gasteiger partial charge is 0.246 e. The van der Waals surface area contributed by atoms with Gasteiger partial charge in [0.1, 0.15) is 10.7 Å². The molecule has 1 aliphatic heterocycles. The van der Waals surface area contributed by atoms with Gasteiger partial charge in [-0.2, -0.15) is 4.31 Å². The number of sulfonamides is 1. The van der Waals surface area contributed by atoms with Gasteiger partial charge in [0, 0.05) is 5.56 Å². The van der Waals surface area contributed by atoms with Crippen LogP contribution in [0.25, 0.3) is 11.4 Å². The Labute approximate surface area is 162 Å². The van der Waals surface area contributed by atoms with Crippen molar-refractivity contribution < 1.29 is 17.7 Å². The van der Waals surface area contributed by atoms with Crippen LogP contribution in [0.3, 0.4) is 0 Å². The zero-order chi connectivity index (χ0) is 19.6. The number of quaternary nitrogens is 1. The molecule has 0 aliphatic carbocycles. The average Bonchev–Trinajstić information content (AvgIpc) is 3.18. The summed E-state index contributed by atoms with van der Waals surface area (Å²) in [5.74, 6) is -0.168. The normalized spacial score (nSPS) is 16.3. The van der Waals surface area contributed by atoms with Crippen molar-refractivity contribution in [1.29, 1.82) is 0 Å². The summed E-state index contributed by atoms with van der Waals surface area (Å²) in [7, 11) is -3.83. The van der Waals surface area contributed by atoms with E-state index in [9.17, 15) is 12.8 Å². The maximum atomic E-state index is 13.9. The topological polar surface area (TPSA) is 85.4 Å². The molecular formula is C18H20FN6O2S+. The molecular weight excluding hydrogens is 383 g/mol. The van der Waals surface area contributed by atoms with Gasteiger partial charge >= 0.3 is 0 Å². The maximum absolute atomic E-state index is 13.9. The number of halogens is 1. The molecule has 0 spiro atoms. The quantitative estimate of drug-likeness (QED) is 0.650.